The standard InChI is InChI=1S/C27H46BN5O3Si/c1-20(15-27(2,3)37(5,6)35)26-31-24(17-32(26)4)22-10-8-21(9-11-22)14-23(28-36-19-29)16-30-25(34)18-33-12-7-13-33/h8-11,17,20,23,28,35H,7,12-16,18-19,29H2,1-6H3,(H,30,34). The van der Waals surface area contributed by atoms with Crippen LogP contribution >= 0.6 is 0 Å². The van der Waals surface area contributed by atoms with Gasteiger partial charge in [-0.2, -0.15) is 0 Å². The lowest BCUT2D eigenvalue weighted by Crippen LogP contribution is -2.45. The summed E-state index contributed by atoms with van der Waals surface area (Å²) in [5.74, 6) is 1.51. The molecule has 1 amide bonds. The van der Waals surface area contributed by atoms with Crippen molar-refractivity contribution in [3.63, 3.8) is 0 Å². The number of rotatable bonds is 14. The van der Waals surface area contributed by atoms with Gasteiger partial charge in [-0.3, -0.25) is 9.69 Å². The summed E-state index contributed by atoms with van der Waals surface area (Å²) in [6, 6.07) is 8.49. The molecule has 4 N–H and O–H groups in total. The Kier molecular flexibility index (Phi) is 10.2. The van der Waals surface area contributed by atoms with Gasteiger partial charge >= 0.3 is 0 Å². The van der Waals surface area contributed by atoms with Crippen molar-refractivity contribution in [1.82, 2.24) is 19.8 Å². The van der Waals surface area contributed by atoms with E-state index in [1.54, 1.807) is 0 Å². The Balaban J connectivity index is 1.62. The van der Waals surface area contributed by atoms with E-state index in [2.05, 4.69) is 66.0 Å². The average Bonchev–Trinajstić information content (AvgIpc) is 3.19. The van der Waals surface area contributed by atoms with E-state index in [1.165, 1.54) is 12.0 Å². The molecule has 3 rings (SSSR count). The maximum absolute atomic E-state index is 12.2. The maximum Gasteiger partial charge on any atom is 0.281 e. The first-order valence-electron chi connectivity index (χ1n) is 13.5. The molecule has 204 valence electrons. The van der Waals surface area contributed by atoms with Gasteiger partial charge < -0.3 is 25.1 Å². The number of nitrogens with zero attached hydrogens (tertiary/aromatic N) is 3. The summed E-state index contributed by atoms with van der Waals surface area (Å²) in [5.41, 5.74) is 8.77. The number of amides is 1. The third kappa shape index (κ3) is 8.25. The van der Waals surface area contributed by atoms with Crippen molar-refractivity contribution in [2.75, 3.05) is 32.9 Å². The lowest BCUT2D eigenvalue weighted by atomic mass is 9.75. The molecule has 2 heterocycles. The third-order valence-corrected chi connectivity index (χ3v) is 11.5. The number of benzene rings is 1. The van der Waals surface area contributed by atoms with Crippen LogP contribution in [0, 0.1) is 0 Å². The van der Waals surface area contributed by atoms with Gasteiger partial charge in [0, 0.05) is 31.3 Å². The molecule has 10 heteroatoms. The maximum atomic E-state index is 12.2. The second-order valence-electron chi connectivity index (χ2n) is 11.9. The zero-order valence-electron chi connectivity index (χ0n) is 23.6. The summed E-state index contributed by atoms with van der Waals surface area (Å²) in [4.78, 5) is 30.1. The Hall–Kier alpha value is -1.98. The number of carbonyl (C=O) groups is 1. The van der Waals surface area contributed by atoms with Gasteiger partial charge in [0.15, 0.2) is 8.32 Å². The fourth-order valence-corrected chi connectivity index (χ4v) is 5.62. The molecule has 2 atom stereocenters. The molecule has 0 aliphatic carbocycles. The van der Waals surface area contributed by atoms with Crippen LogP contribution in [-0.4, -0.2) is 73.9 Å². The third-order valence-electron chi connectivity index (χ3n) is 7.98. The highest BCUT2D eigenvalue weighted by atomic mass is 28.4. The number of nitrogens with two attached hydrogens (primary N) is 1. The number of nitrogens with one attached hydrogen (secondary N) is 1. The molecule has 0 spiro atoms. The number of imidazole rings is 1. The molecular weight excluding hydrogens is 481 g/mol. The Bertz CT molecular complexity index is 1020. The van der Waals surface area contributed by atoms with E-state index >= 15 is 0 Å². The predicted molar refractivity (Wildman–Crippen MR) is 154 cm³/mol. The molecule has 1 aromatic heterocycles. The second-order valence-corrected chi connectivity index (χ2v) is 16.4. The molecule has 1 fully saturated rings. The smallest absolute Gasteiger partial charge is 0.281 e. The highest BCUT2D eigenvalue weighted by molar-refractivity contribution is 6.72. The zero-order valence-corrected chi connectivity index (χ0v) is 24.6. The molecule has 1 aromatic carbocycles. The number of aromatic nitrogens is 2. The second kappa shape index (κ2) is 12.7. The fraction of sp³-hybridized carbons (Fsp3) is 0.630. The van der Waals surface area contributed by atoms with E-state index in [0.717, 1.165) is 43.0 Å². The summed E-state index contributed by atoms with van der Waals surface area (Å²) in [7, 11) is 0.272. The molecule has 37 heavy (non-hydrogen) atoms. The summed E-state index contributed by atoms with van der Waals surface area (Å²) < 4.78 is 7.60. The lowest BCUT2D eigenvalue weighted by molar-refractivity contribution is -0.123. The molecule has 1 aliphatic heterocycles. The van der Waals surface area contributed by atoms with Crippen molar-refractivity contribution in [3.8, 4) is 11.3 Å². The Morgan fingerprint density at radius 3 is 2.54 bits per heavy atom. The zero-order chi connectivity index (χ0) is 27.2. The van der Waals surface area contributed by atoms with Crippen molar-refractivity contribution in [2.24, 2.45) is 12.8 Å². The first-order valence-corrected chi connectivity index (χ1v) is 16.5. The molecule has 8 nitrogen and oxygen atoms in total. The first-order chi connectivity index (χ1) is 17.4. The quantitative estimate of drug-likeness (QED) is 0.258. The van der Waals surface area contributed by atoms with Crippen molar-refractivity contribution < 1.29 is 14.2 Å². The normalized spacial score (nSPS) is 16.2. The topological polar surface area (TPSA) is 106 Å². The van der Waals surface area contributed by atoms with E-state index in [4.69, 9.17) is 15.4 Å². The number of hydrogen-bond donors (Lipinski definition) is 3. The number of likely N-dealkylation sites (tertiary alicyclic amines) is 1. The van der Waals surface area contributed by atoms with Gasteiger partial charge in [0.05, 0.1) is 19.0 Å². The first kappa shape index (κ1) is 29.6. The minimum absolute atomic E-state index is 0.0706. The van der Waals surface area contributed by atoms with E-state index in [-0.39, 0.29) is 29.4 Å². The molecule has 0 saturated carbocycles. The fourth-order valence-electron chi connectivity index (χ4n) is 4.81. The van der Waals surface area contributed by atoms with Crippen molar-refractivity contribution in [1.29, 1.82) is 0 Å². The Labute approximate surface area is 224 Å². The molecule has 0 bridgehead atoms. The molecular formula is C27H46BN5O3Si. The summed E-state index contributed by atoms with van der Waals surface area (Å²) in [5, 5.41) is 2.97. The van der Waals surface area contributed by atoms with E-state index in [1.807, 2.05) is 20.1 Å². The SMILES string of the molecule is CC(CC(C)(C)[Si](C)(C)O)c1nc(-c2ccc(CC(BOCN)CNC(=O)CN3CCC3)cc2)cn1C. The number of aryl methyl sites for hydroxylation is 1. The van der Waals surface area contributed by atoms with E-state index in [0.29, 0.717) is 20.6 Å². The van der Waals surface area contributed by atoms with Crippen LogP contribution in [0.1, 0.15) is 50.9 Å². The van der Waals surface area contributed by atoms with Gasteiger partial charge in [0.2, 0.25) is 5.91 Å². The van der Waals surface area contributed by atoms with Crippen molar-refractivity contribution >= 4 is 21.7 Å². The van der Waals surface area contributed by atoms with Gasteiger partial charge in [-0.1, -0.05) is 45.0 Å². The van der Waals surface area contributed by atoms with Gasteiger partial charge in [-0.15, -0.1) is 0 Å². The predicted octanol–water partition coefficient (Wildman–Crippen LogP) is 3.00. The molecule has 1 aliphatic rings. The molecule has 0 radical (unpaired) electrons. The summed E-state index contributed by atoms with van der Waals surface area (Å²) in [6.45, 7) is 13.8. The van der Waals surface area contributed by atoms with Gasteiger partial charge in [-0.25, -0.2) is 4.98 Å². The van der Waals surface area contributed by atoms with Crippen LogP contribution in [0.2, 0.25) is 23.9 Å². The van der Waals surface area contributed by atoms with Gasteiger partial charge in [0.25, 0.3) is 7.48 Å². The van der Waals surface area contributed by atoms with Gasteiger partial charge in [-0.05, 0) is 61.9 Å². The summed E-state index contributed by atoms with van der Waals surface area (Å²) >= 11 is 0. The molecule has 2 aromatic rings. The average molecular weight is 528 g/mol. The summed E-state index contributed by atoms with van der Waals surface area (Å²) in [6.07, 6.45) is 4.95. The molecule has 2 unspecified atom stereocenters. The molecule has 1 saturated heterocycles. The number of hydrogen-bond acceptors (Lipinski definition) is 6. The van der Waals surface area contributed by atoms with E-state index < -0.39 is 8.32 Å². The van der Waals surface area contributed by atoms with Crippen LogP contribution in [0.3, 0.4) is 0 Å². The van der Waals surface area contributed by atoms with Crippen LogP contribution in [0.15, 0.2) is 30.5 Å². The Morgan fingerprint density at radius 1 is 1.30 bits per heavy atom. The Morgan fingerprint density at radius 2 is 1.97 bits per heavy atom. The van der Waals surface area contributed by atoms with Crippen LogP contribution in [0.5, 0.6) is 0 Å². The minimum atomic E-state index is -2.28. The number of carbonyl (C=O) groups excluding carboxylic acids is 1. The van der Waals surface area contributed by atoms with Crippen LogP contribution < -0.4 is 11.1 Å². The van der Waals surface area contributed by atoms with Crippen LogP contribution in [0.25, 0.3) is 11.3 Å². The minimum Gasteiger partial charge on any atom is -0.432 e. The highest BCUT2D eigenvalue weighted by Crippen LogP contribution is 2.43. The van der Waals surface area contributed by atoms with Gasteiger partial charge in [0.1, 0.15) is 5.82 Å². The van der Waals surface area contributed by atoms with Crippen molar-refractivity contribution in [3.05, 3.63) is 41.9 Å². The lowest BCUT2D eigenvalue weighted by Gasteiger charge is -2.36. The van der Waals surface area contributed by atoms with E-state index in [9.17, 15) is 9.59 Å². The highest BCUT2D eigenvalue weighted by Gasteiger charge is 2.39. The van der Waals surface area contributed by atoms with Crippen molar-refractivity contribution in [2.45, 2.75) is 69.9 Å². The van der Waals surface area contributed by atoms with Crippen LogP contribution in [-0.2, 0) is 22.9 Å². The van der Waals surface area contributed by atoms with Crippen LogP contribution in [0.4, 0.5) is 0 Å². The largest absolute Gasteiger partial charge is 0.432 e. The monoisotopic (exact) mass is 527 g/mol.